The van der Waals surface area contributed by atoms with Crippen molar-refractivity contribution in [1.29, 1.82) is 0 Å². The number of hydrogen-bond acceptors (Lipinski definition) is 3. The van der Waals surface area contributed by atoms with Gasteiger partial charge in [-0.15, -0.1) is 0 Å². The normalized spacial score (nSPS) is 17.7. The summed E-state index contributed by atoms with van der Waals surface area (Å²) in [6.45, 7) is 4.22. The molecule has 100 valence electrons. The molecule has 2 N–H and O–H groups in total. The van der Waals surface area contributed by atoms with Crippen molar-refractivity contribution in [2.24, 2.45) is 0 Å². The lowest BCUT2D eigenvalue weighted by Crippen LogP contribution is -2.38. The van der Waals surface area contributed by atoms with Crippen molar-refractivity contribution in [3.05, 3.63) is 0 Å². The second-order valence-electron chi connectivity index (χ2n) is 4.63. The molecule has 0 aromatic rings. The van der Waals surface area contributed by atoms with E-state index in [1.54, 1.807) is 0 Å². The average molecular weight is 242 g/mol. The number of amides is 1. The van der Waals surface area contributed by atoms with E-state index in [-0.39, 0.29) is 12.5 Å². The SMILES string of the molecule is CCOCC(=O)NCCNC1CCCCCC1. The molecule has 0 atom stereocenters. The predicted octanol–water partition coefficient (Wildman–Crippen LogP) is 1.45. The number of hydrogen-bond donors (Lipinski definition) is 2. The lowest BCUT2D eigenvalue weighted by atomic mass is 10.1. The van der Waals surface area contributed by atoms with Crippen LogP contribution in [0.5, 0.6) is 0 Å². The second kappa shape index (κ2) is 9.42. The summed E-state index contributed by atoms with van der Waals surface area (Å²) in [5.41, 5.74) is 0. The Bertz CT molecular complexity index is 202. The minimum absolute atomic E-state index is 0.0190. The molecule has 0 spiro atoms. The summed E-state index contributed by atoms with van der Waals surface area (Å²) in [6.07, 6.45) is 8.01. The van der Waals surface area contributed by atoms with Crippen molar-refractivity contribution in [3.8, 4) is 0 Å². The van der Waals surface area contributed by atoms with Gasteiger partial charge in [0.05, 0.1) is 0 Å². The van der Waals surface area contributed by atoms with Crippen molar-refractivity contribution in [2.75, 3.05) is 26.3 Å². The van der Waals surface area contributed by atoms with E-state index in [0.717, 1.165) is 6.54 Å². The predicted molar refractivity (Wildman–Crippen MR) is 69.0 cm³/mol. The highest BCUT2D eigenvalue weighted by atomic mass is 16.5. The molecule has 1 fully saturated rings. The first kappa shape index (κ1) is 14.5. The van der Waals surface area contributed by atoms with Gasteiger partial charge in [0, 0.05) is 25.7 Å². The summed E-state index contributed by atoms with van der Waals surface area (Å²) in [5, 5.41) is 6.36. The lowest BCUT2D eigenvalue weighted by molar-refractivity contribution is -0.125. The Morgan fingerprint density at radius 1 is 1.18 bits per heavy atom. The maximum atomic E-state index is 11.2. The fourth-order valence-electron chi connectivity index (χ4n) is 2.21. The van der Waals surface area contributed by atoms with Gasteiger partial charge >= 0.3 is 0 Å². The Balaban J connectivity index is 1.97. The Labute approximate surface area is 104 Å². The van der Waals surface area contributed by atoms with Gasteiger partial charge in [0.1, 0.15) is 6.61 Å². The molecule has 1 aliphatic carbocycles. The zero-order valence-electron chi connectivity index (χ0n) is 11.0. The van der Waals surface area contributed by atoms with Crippen LogP contribution in [0.1, 0.15) is 45.4 Å². The van der Waals surface area contributed by atoms with E-state index in [2.05, 4.69) is 10.6 Å². The molecule has 0 unspecified atom stereocenters. The van der Waals surface area contributed by atoms with Gasteiger partial charge in [-0.25, -0.2) is 0 Å². The Kier molecular flexibility index (Phi) is 8.01. The molecular weight excluding hydrogens is 216 g/mol. The van der Waals surface area contributed by atoms with Gasteiger partial charge in [-0.3, -0.25) is 4.79 Å². The number of carbonyl (C=O) groups excluding carboxylic acids is 1. The standard InChI is InChI=1S/C13H26N2O2/c1-2-17-11-13(16)15-10-9-14-12-7-5-3-4-6-8-12/h12,14H,2-11H2,1H3,(H,15,16). The second-order valence-corrected chi connectivity index (χ2v) is 4.63. The first-order valence-corrected chi connectivity index (χ1v) is 6.90. The van der Waals surface area contributed by atoms with Gasteiger partial charge in [0.15, 0.2) is 0 Å². The van der Waals surface area contributed by atoms with E-state index in [0.29, 0.717) is 19.2 Å². The Hall–Kier alpha value is -0.610. The van der Waals surface area contributed by atoms with E-state index in [1.807, 2.05) is 6.92 Å². The molecule has 17 heavy (non-hydrogen) atoms. The molecule has 0 bridgehead atoms. The maximum absolute atomic E-state index is 11.2. The topological polar surface area (TPSA) is 50.4 Å². The summed E-state index contributed by atoms with van der Waals surface area (Å²) >= 11 is 0. The van der Waals surface area contributed by atoms with Crippen LogP contribution in [0, 0.1) is 0 Å². The quantitative estimate of drug-likeness (QED) is 0.525. The minimum atomic E-state index is -0.0190. The molecule has 1 aliphatic rings. The third-order valence-electron chi connectivity index (χ3n) is 3.17. The van der Waals surface area contributed by atoms with Crippen LogP contribution in [0.3, 0.4) is 0 Å². The number of ether oxygens (including phenoxy) is 1. The van der Waals surface area contributed by atoms with Crippen LogP contribution < -0.4 is 10.6 Å². The summed E-state index contributed by atoms with van der Waals surface area (Å²) in [6, 6.07) is 0.654. The van der Waals surface area contributed by atoms with Crippen molar-refractivity contribution >= 4 is 5.91 Å². The number of carbonyl (C=O) groups is 1. The van der Waals surface area contributed by atoms with E-state index in [4.69, 9.17) is 4.74 Å². The van der Waals surface area contributed by atoms with Crippen LogP contribution >= 0.6 is 0 Å². The fraction of sp³-hybridized carbons (Fsp3) is 0.923. The van der Waals surface area contributed by atoms with Gasteiger partial charge in [-0.2, -0.15) is 0 Å². The summed E-state index contributed by atoms with van der Waals surface area (Å²) in [4.78, 5) is 11.2. The minimum Gasteiger partial charge on any atom is -0.372 e. The van der Waals surface area contributed by atoms with E-state index in [9.17, 15) is 4.79 Å². The highest BCUT2D eigenvalue weighted by Gasteiger charge is 2.10. The van der Waals surface area contributed by atoms with Crippen LogP contribution in [-0.2, 0) is 9.53 Å². The largest absolute Gasteiger partial charge is 0.372 e. The molecule has 4 heteroatoms. The molecular formula is C13H26N2O2. The summed E-state index contributed by atoms with van der Waals surface area (Å²) in [7, 11) is 0. The monoisotopic (exact) mass is 242 g/mol. The summed E-state index contributed by atoms with van der Waals surface area (Å²) < 4.78 is 5.03. The molecule has 0 aromatic heterocycles. The first-order valence-electron chi connectivity index (χ1n) is 6.90. The van der Waals surface area contributed by atoms with Crippen LogP contribution in [0.4, 0.5) is 0 Å². The van der Waals surface area contributed by atoms with Crippen molar-refractivity contribution < 1.29 is 9.53 Å². The van der Waals surface area contributed by atoms with Gasteiger partial charge < -0.3 is 15.4 Å². The maximum Gasteiger partial charge on any atom is 0.246 e. The smallest absolute Gasteiger partial charge is 0.246 e. The zero-order valence-corrected chi connectivity index (χ0v) is 11.0. The molecule has 0 heterocycles. The van der Waals surface area contributed by atoms with Crippen LogP contribution in [-0.4, -0.2) is 38.3 Å². The van der Waals surface area contributed by atoms with Crippen LogP contribution in [0.25, 0.3) is 0 Å². The van der Waals surface area contributed by atoms with Crippen molar-refractivity contribution in [2.45, 2.75) is 51.5 Å². The molecule has 1 rings (SSSR count). The molecule has 0 saturated heterocycles. The molecule has 0 radical (unpaired) electrons. The van der Waals surface area contributed by atoms with E-state index < -0.39 is 0 Å². The third-order valence-corrected chi connectivity index (χ3v) is 3.17. The number of rotatable bonds is 7. The third kappa shape index (κ3) is 7.34. The van der Waals surface area contributed by atoms with Crippen LogP contribution in [0.15, 0.2) is 0 Å². The molecule has 1 saturated carbocycles. The lowest BCUT2D eigenvalue weighted by Gasteiger charge is -2.16. The molecule has 1 amide bonds. The highest BCUT2D eigenvalue weighted by molar-refractivity contribution is 5.77. The van der Waals surface area contributed by atoms with Gasteiger partial charge in [0.25, 0.3) is 0 Å². The van der Waals surface area contributed by atoms with Gasteiger partial charge in [-0.05, 0) is 19.8 Å². The van der Waals surface area contributed by atoms with Gasteiger partial charge in [-0.1, -0.05) is 25.7 Å². The fourth-order valence-corrected chi connectivity index (χ4v) is 2.21. The van der Waals surface area contributed by atoms with Gasteiger partial charge in [0.2, 0.25) is 5.91 Å². The Morgan fingerprint density at radius 3 is 2.53 bits per heavy atom. The van der Waals surface area contributed by atoms with Crippen molar-refractivity contribution in [3.63, 3.8) is 0 Å². The average Bonchev–Trinajstić information content (AvgIpc) is 2.60. The van der Waals surface area contributed by atoms with Crippen molar-refractivity contribution in [1.82, 2.24) is 10.6 Å². The molecule has 4 nitrogen and oxygen atoms in total. The zero-order chi connectivity index (χ0) is 12.3. The molecule has 0 aliphatic heterocycles. The summed E-state index contributed by atoms with van der Waals surface area (Å²) in [5.74, 6) is -0.0190. The molecule has 0 aromatic carbocycles. The first-order chi connectivity index (χ1) is 8.33. The van der Waals surface area contributed by atoms with E-state index in [1.165, 1.54) is 38.5 Å². The Morgan fingerprint density at radius 2 is 1.88 bits per heavy atom. The van der Waals surface area contributed by atoms with Crippen LogP contribution in [0.2, 0.25) is 0 Å². The highest BCUT2D eigenvalue weighted by Crippen LogP contribution is 2.16. The number of nitrogens with one attached hydrogen (secondary N) is 2. The van der Waals surface area contributed by atoms with E-state index >= 15 is 0 Å².